The number of alkyl halides is 1. The summed E-state index contributed by atoms with van der Waals surface area (Å²) in [5.41, 5.74) is 0. The van der Waals surface area contributed by atoms with E-state index in [-0.39, 0.29) is 12.4 Å². The minimum atomic E-state index is -0.165. The first-order valence-corrected chi connectivity index (χ1v) is 6.54. The first-order valence-electron chi connectivity index (χ1n) is 5.42. The predicted molar refractivity (Wildman–Crippen MR) is 66.9 cm³/mol. The maximum Gasteiger partial charge on any atom is 0.167 e. The van der Waals surface area contributed by atoms with Crippen LogP contribution >= 0.6 is 15.9 Å². The molecule has 5 heteroatoms. The largest absolute Gasteiger partial charge is 0.493 e. The van der Waals surface area contributed by atoms with Crippen LogP contribution in [0.1, 0.15) is 0 Å². The lowest BCUT2D eigenvalue weighted by Gasteiger charge is -2.13. The third-order valence-corrected chi connectivity index (χ3v) is 2.96. The highest BCUT2D eigenvalue weighted by atomic mass is 79.9. The number of ether oxygens (including phenoxy) is 4. The molecule has 0 N–H and O–H groups in total. The van der Waals surface area contributed by atoms with E-state index in [4.69, 9.17) is 18.9 Å². The fourth-order valence-corrected chi connectivity index (χ4v) is 1.94. The molecule has 1 aromatic rings. The van der Waals surface area contributed by atoms with Crippen molar-refractivity contribution in [3.8, 4) is 11.5 Å². The molecular formula is C12H15BrO4. The lowest BCUT2D eigenvalue weighted by atomic mass is 10.3. The van der Waals surface area contributed by atoms with Crippen molar-refractivity contribution in [3.05, 3.63) is 24.3 Å². The predicted octanol–water partition coefficient (Wildman–Crippen LogP) is 2.21. The molecule has 1 aliphatic heterocycles. The van der Waals surface area contributed by atoms with Crippen molar-refractivity contribution in [1.82, 2.24) is 0 Å². The number of para-hydroxylation sites is 2. The average molecular weight is 303 g/mol. The van der Waals surface area contributed by atoms with E-state index < -0.39 is 0 Å². The molecule has 2 atom stereocenters. The number of methoxy groups -OCH3 is 1. The van der Waals surface area contributed by atoms with Crippen LogP contribution in [0, 0.1) is 0 Å². The van der Waals surface area contributed by atoms with E-state index in [1.165, 1.54) is 0 Å². The van der Waals surface area contributed by atoms with Crippen molar-refractivity contribution in [2.45, 2.75) is 12.4 Å². The Balaban J connectivity index is 1.85. The standard InChI is InChI=1S/C12H15BrO4/c1-14-10-4-2-3-5-11(10)15-7-9-8-16-12(6-13)17-9/h2-5,9,12H,6-8H2,1H3/t9-,12+/m1/s1. The van der Waals surface area contributed by atoms with E-state index >= 15 is 0 Å². The lowest BCUT2D eigenvalue weighted by Crippen LogP contribution is -2.21. The van der Waals surface area contributed by atoms with E-state index in [2.05, 4.69) is 15.9 Å². The quantitative estimate of drug-likeness (QED) is 0.782. The molecule has 0 radical (unpaired) electrons. The number of hydrogen-bond acceptors (Lipinski definition) is 4. The van der Waals surface area contributed by atoms with Crippen molar-refractivity contribution in [2.75, 3.05) is 25.7 Å². The molecule has 1 heterocycles. The zero-order valence-corrected chi connectivity index (χ0v) is 11.2. The van der Waals surface area contributed by atoms with Gasteiger partial charge in [-0.3, -0.25) is 0 Å². The summed E-state index contributed by atoms with van der Waals surface area (Å²) in [5.74, 6) is 1.45. The van der Waals surface area contributed by atoms with Crippen molar-refractivity contribution in [2.24, 2.45) is 0 Å². The molecule has 4 nitrogen and oxygen atoms in total. The van der Waals surface area contributed by atoms with E-state index in [0.717, 1.165) is 11.5 Å². The van der Waals surface area contributed by atoms with Crippen molar-refractivity contribution in [1.29, 1.82) is 0 Å². The molecule has 0 spiro atoms. The first kappa shape index (κ1) is 12.7. The van der Waals surface area contributed by atoms with E-state index in [1.807, 2.05) is 24.3 Å². The molecular weight excluding hydrogens is 288 g/mol. The zero-order chi connectivity index (χ0) is 12.1. The van der Waals surface area contributed by atoms with Gasteiger partial charge in [0.2, 0.25) is 0 Å². The Kier molecular flexibility index (Phi) is 4.65. The number of benzene rings is 1. The summed E-state index contributed by atoms with van der Waals surface area (Å²) in [7, 11) is 1.62. The molecule has 1 fully saturated rings. The van der Waals surface area contributed by atoms with Gasteiger partial charge in [-0.05, 0) is 12.1 Å². The Hall–Kier alpha value is -0.780. The minimum Gasteiger partial charge on any atom is -0.493 e. The molecule has 0 aromatic heterocycles. The smallest absolute Gasteiger partial charge is 0.167 e. The first-order chi connectivity index (χ1) is 8.33. The average Bonchev–Trinajstić information content (AvgIpc) is 2.84. The second-order valence-corrected chi connectivity index (χ2v) is 4.28. The normalized spacial score (nSPS) is 23.6. The van der Waals surface area contributed by atoms with Gasteiger partial charge in [0.1, 0.15) is 12.7 Å². The van der Waals surface area contributed by atoms with Crippen LogP contribution in [-0.2, 0) is 9.47 Å². The van der Waals surface area contributed by atoms with E-state index in [0.29, 0.717) is 18.5 Å². The van der Waals surface area contributed by atoms with Gasteiger partial charge < -0.3 is 18.9 Å². The second kappa shape index (κ2) is 6.23. The summed E-state index contributed by atoms with van der Waals surface area (Å²) in [6.45, 7) is 1.02. The third kappa shape index (κ3) is 3.34. The van der Waals surface area contributed by atoms with Crippen LogP contribution in [0.25, 0.3) is 0 Å². The molecule has 94 valence electrons. The zero-order valence-electron chi connectivity index (χ0n) is 9.60. The Morgan fingerprint density at radius 3 is 2.76 bits per heavy atom. The van der Waals surface area contributed by atoms with Gasteiger partial charge in [-0.25, -0.2) is 0 Å². The van der Waals surface area contributed by atoms with Crippen LogP contribution in [0.5, 0.6) is 11.5 Å². The number of halogens is 1. The Bertz CT molecular complexity index is 358. The molecule has 0 amide bonds. The molecule has 17 heavy (non-hydrogen) atoms. The Morgan fingerprint density at radius 1 is 1.35 bits per heavy atom. The topological polar surface area (TPSA) is 36.9 Å². The lowest BCUT2D eigenvalue weighted by molar-refractivity contribution is -0.0444. The molecule has 1 aromatic carbocycles. The highest BCUT2D eigenvalue weighted by molar-refractivity contribution is 9.09. The van der Waals surface area contributed by atoms with Crippen molar-refractivity contribution >= 4 is 15.9 Å². The van der Waals surface area contributed by atoms with Crippen LogP contribution in [-0.4, -0.2) is 38.0 Å². The van der Waals surface area contributed by atoms with Crippen molar-refractivity contribution in [3.63, 3.8) is 0 Å². The number of rotatable bonds is 5. The summed E-state index contributed by atoms with van der Waals surface area (Å²) in [5, 5.41) is 0.679. The summed E-state index contributed by atoms with van der Waals surface area (Å²) < 4.78 is 21.8. The highest BCUT2D eigenvalue weighted by Gasteiger charge is 2.25. The maximum atomic E-state index is 5.66. The second-order valence-electron chi connectivity index (χ2n) is 3.64. The van der Waals surface area contributed by atoms with Crippen LogP contribution < -0.4 is 9.47 Å². The summed E-state index contributed by atoms with van der Waals surface area (Å²) in [4.78, 5) is 0. The van der Waals surface area contributed by atoms with Gasteiger partial charge in [0.15, 0.2) is 17.8 Å². The Morgan fingerprint density at radius 2 is 2.12 bits per heavy atom. The molecule has 1 aliphatic rings. The van der Waals surface area contributed by atoms with Crippen LogP contribution in [0.15, 0.2) is 24.3 Å². The van der Waals surface area contributed by atoms with Gasteiger partial charge in [-0.15, -0.1) is 0 Å². The van der Waals surface area contributed by atoms with Gasteiger partial charge in [-0.2, -0.15) is 0 Å². The van der Waals surface area contributed by atoms with Crippen LogP contribution in [0.4, 0.5) is 0 Å². The fourth-order valence-electron chi connectivity index (χ4n) is 1.60. The van der Waals surface area contributed by atoms with Gasteiger partial charge in [0.25, 0.3) is 0 Å². The molecule has 0 saturated carbocycles. The van der Waals surface area contributed by atoms with Gasteiger partial charge in [0, 0.05) is 0 Å². The molecule has 1 saturated heterocycles. The van der Waals surface area contributed by atoms with Gasteiger partial charge >= 0.3 is 0 Å². The van der Waals surface area contributed by atoms with E-state index in [9.17, 15) is 0 Å². The maximum absolute atomic E-state index is 5.66. The summed E-state index contributed by atoms with van der Waals surface area (Å²) in [6.07, 6.45) is -0.191. The van der Waals surface area contributed by atoms with Gasteiger partial charge in [0.05, 0.1) is 19.0 Å². The van der Waals surface area contributed by atoms with Crippen LogP contribution in [0.2, 0.25) is 0 Å². The fraction of sp³-hybridized carbons (Fsp3) is 0.500. The molecule has 0 bridgehead atoms. The third-order valence-electron chi connectivity index (χ3n) is 2.43. The summed E-state index contributed by atoms with van der Waals surface area (Å²) >= 11 is 3.31. The SMILES string of the molecule is COc1ccccc1OC[C@@H]1CO[C@H](CBr)O1. The monoisotopic (exact) mass is 302 g/mol. The highest BCUT2D eigenvalue weighted by Crippen LogP contribution is 2.26. The van der Waals surface area contributed by atoms with Crippen LogP contribution in [0.3, 0.4) is 0 Å². The molecule has 2 rings (SSSR count). The Labute approximate surface area is 109 Å². The van der Waals surface area contributed by atoms with E-state index in [1.54, 1.807) is 7.11 Å². The molecule has 0 aliphatic carbocycles. The summed E-state index contributed by atoms with van der Waals surface area (Å²) in [6, 6.07) is 7.55. The minimum absolute atomic E-state index is 0.0255. The number of hydrogen-bond donors (Lipinski definition) is 0. The molecule has 0 unspecified atom stereocenters. The van der Waals surface area contributed by atoms with Gasteiger partial charge in [-0.1, -0.05) is 28.1 Å². The van der Waals surface area contributed by atoms with Crippen molar-refractivity contribution < 1.29 is 18.9 Å².